The van der Waals surface area contributed by atoms with Gasteiger partial charge in [0.1, 0.15) is 17.0 Å². The summed E-state index contributed by atoms with van der Waals surface area (Å²) in [5.74, 6) is 0.445. The Morgan fingerprint density at radius 2 is 1.89 bits per heavy atom. The highest BCUT2D eigenvalue weighted by molar-refractivity contribution is 6.07. The molecule has 2 N–H and O–H groups in total. The molecule has 0 bridgehead atoms. The Morgan fingerprint density at radius 1 is 1.07 bits per heavy atom. The van der Waals surface area contributed by atoms with Crippen LogP contribution in [0.15, 0.2) is 51.7 Å². The highest BCUT2D eigenvalue weighted by Gasteiger charge is 2.14. The molecule has 2 aromatic heterocycles. The number of aryl methyl sites for hydroxylation is 2. The SMILES string of the molecule is COc1cccc2[nH]c(C(=O)Nc3cc4c(C)cc(=O)oc4cc3C)cc12. The zero-order valence-electron chi connectivity index (χ0n) is 15.2. The summed E-state index contributed by atoms with van der Waals surface area (Å²) < 4.78 is 10.6. The summed E-state index contributed by atoms with van der Waals surface area (Å²) in [6.45, 7) is 3.69. The minimum Gasteiger partial charge on any atom is -0.496 e. The highest BCUT2D eigenvalue weighted by atomic mass is 16.5. The number of aromatic nitrogens is 1. The molecule has 0 aliphatic rings. The third kappa shape index (κ3) is 2.95. The van der Waals surface area contributed by atoms with Crippen molar-refractivity contribution in [2.24, 2.45) is 0 Å². The van der Waals surface area contributed by atoms with Gasteiger partial charge >= 0.3 is 5.63 Å². The van der Waals surface area contributed by atoms with Crippen LogP contribution in [0.25, 0.3) is 21.9 Å². The Balaban J connectivity index is 1.72. The van der Waals surface area contributed by atoms with E-state index in [-0.39, 0.29) is 11.5 Å². The molecule has 6 heteroatoms. The van der Waals surface area contributed by atoms with Crippen LogP contribution in [0.4, 0.5) is 5.69 Å². The zero-order valence-corrected chi connectivity index (χ0v) is 15.2. The lowest BCUT2D eigenvalue weighted by atomic mass is 10.1. The second-order valence-electron chi connectivity index (χ2n) is 6.47. The van der Waals surface area contributed by atoms with Gasteiger partial charge in [0, 0.05) is 28.0 Å². The maximum atomic E-state index is 12.8. The van der Waals surface area contributed by atoms with Crippen molar-refractivity contribution < 1.29 is 13.9 Å². The molecular formula is C21H18N2O4. The minimum atomic E-state index is -0.386. The van der Waals surface area contributed by atoms with Gasteiger partial charge < -0.3 is 19.5 Å². The summed E-state index contributed by atoms with van der Waals surface area (Å²) in [5.41, 5.74) is 3.65. The van der Waals surface area contributed by atoms with E-state index in [9.17, 15) is 9.59 Å². The normalized spacial score (nSPS) is 11.1. The maximum Gasteiger partial charge on any atom is 0.336 e. The number of carbonyl (C=O) groups is 1. The van der Waals surface area contributed by atoms with Crippen LogP contribution >= 0.6 is 0 Å². The average molecular weight is 362 g/mol. The summed E-state index contributed by atoms with van der Waals surface area (Å²) in [4.78, 5) is 27.4. The number of benzene rings is 2. The fourth-order valence-electron chi connectivity index (χ4n) is 3.22. The van der Waals surface area contributed by atoms with E-state index in [1.165, 1.54) is 6.07 Å². The predicted molar refractivity (Wildman–Crippen MR) is 105 cm³/mol. The molecule has 0 saturated carbocycles. The van der Waals surface area contributed by atoms with Crippen molar-refractivity contribution in [1.29, 1.82) is 0 Å². The largest absolute Gasteiger partial charge is 0.496 e. The number of amides is 1. The van der Waals surface area contributed by atoms with Crippen LogP contribution < -0.4 is 15.7 Å². The summed E-state index contributed by atoms with van der Waals surface area (Å²) >= 11 is 0. The monoisotopic (exact) mass is 362 g/mol. The second-order valence-corrected chi connectivity index (χ2v) is 6.47. The molecule has 2 heterocycles. The van der Waals surface area contributed by atoms with Gasteiger partial charge in [-0.25, -0.2) is 4.79 Å². The lowest BCUT2D eigenvalue weighted by Crippen LogP contribution is -2.13. The van der Waals surface area contributed by atoms with Crippen molar-refractivity contribution in [2.75, 3.05) is 12.4 Å². The number of anilines is 1. The summed E-state index contributed by atoms with van der Waals surface area (Å²) in [5, 5.41) is 4.56. The van der Waals surface area contributed by atoms with E-state index in [0.717, 1.165) is 27.4 Å². The van der Waals surface area contributed by atoms with Gasteiger partial charge in [0.15, 0.2) is 0 Å². The van der Waals surface area contributed by atoms with Crippen LogP contribution in [0.3, 0.4) is 0 Å². The summed E-state index contributed by atoms with van der Waals surface area (Å²) in [7, 11) is 1.60. The molecule has 4 aromatic rings. The number of hydrogen-bond donors (Lipinski definition) is 2. The molecule has 1 amide bonds. The van der Waals surface area contributed by atoms with E-state index in [0.29, 0.717) is 22.7 Å². The lowest BCUT2D eigenvalue weighted by molar-refractivity contribution is 0.102. The van der Waals surface area contributed by atoms with E-state index in [1.807, 2.05) is 38.1 Å². The predicted octanol–water partition coefficient (Wildman–Crippen LogP) is 4.15. The second kappa shape index (κ2) is 6.32. The van der Waals surface area contributed by atoms with Gasteiger partial charge in [-0.2, -0.15) is 0 Å². The first-order valence-electron chi connectivity index (χ1n) is 8.48. The van der Waals surface area contributed by atoms with Gasteiger partial charge in [0.05, 0.1) is 7.11 Å². The zero-order chi connectivity index (χ0) is 19.1. The van der Waals surface area contributed by atoms with Gasteiger partial charge in [0.25, 0.3) is 5.91 Å². The first-order valence-corrected chi connectivity index (χ1v) is 8.48. The molecule has 6 nitrogen and oxygen atoms in total. The number of fused-ring (bicyclic) bond motifs is 2. The minimum absolute atomic E-state index is 0.259. The van der Waals surface area contributed by atoms with Crippen LogP contribution in [0.5, 0.6) is 5.75 Å². The number of H-pyrrole nitrogens is 1. The number of methoxy groups -OCH3 is 1. The molecule has 0 aliphatic heterocycles. The Hall–Kier alpha value is -3.54. The van der Waals surface area contributed by atoms with Crippen LogP contribution in [0.1, 0.15) is 21.6 Å². The Labute approximate surface area is 154 Å². The Kier molecular flexibility index (Phi) is 3.96. The molecule has 136 valence electrons. The molecule has 0 unspecified atom stereocenters. The standard InChI is InChI=1S/C21H18N2O4/c1-11-8-20(24)27-19-7-12(2)16(9-13(11)19)23-21(25)17-10-14-15(22-17)5-4-6-18(14)26-3/h4-10,22H,1-3H3,(H,23,25). The molecule has 27 heavy (non-hydrogen) atoms. The number of carbonyl (C=O) groups excluding carboxylic acids is 1. The number of rotatable bonds is 3. The fraction of sp³-hybridized carbons (Fsp3) is 0.143. The molecule has 0 fully saturated rings. The van der Waals surface area contributed by atoms with Gasteiger partial charge in [-0.05, 0) is 55.3 Å². The first-order chi connectivity index (χ1) is 13.0. The quantitative estimate of drug-likeness (QED) is 0.536. The average Bonchev–Trinajstić information content (AvgIpc) is 3.07. The van der Waals surface area contributed by atoms with E-state index >= 15 is 0 Å². The van der Waals surface area contributed by atoms with Crippen molar-refractivity contribution in [3.05, 3.63) is 69.7 Å². The molecular weight excluding hydrogens is 344 g/mol. The smallest absolute Gasteiger partial charge is 0.336 e. The van der Waals surface area contributed by atoms with Gasteiger partial charge in [-0.3, -0.25) is 4.79 Å². The van der Waals surface area contributed by atoms with Crippen molar-refractivity contribution in [2.45, 2.75) is 13.8 Å². The van der Waals surface area contributed by atoms with E-state index in [4.69, 9.17) is 9.15 Å². The lowest BCUT2D eigenvalue weighted by Gasteiger charge is -2.10. The topological polar surface area (TPSA) is 84.3 Å². The van der Waals surface area contributed by atoms with Gasteiger partial charge in [-0.15, -0.1) is 0 Å². The number of ether oxygens (including phenoxy) is 1. The number of aromatic amines is 1. The van der Waals surface area contributed by atoms with Gasteiger partial charge in [-0.1, -0.05) is 6.07 Å². The van der Waals surface area contributed by atoms with Crippen molar-refractivity contribution in [1.82, 2.24) is 4.98 Å². The summed E-state index contributed by atoms with van der Waals surface area (Å²) in [6.07, 6.45) is 0. The molecule has 0 aliphatic carbocycles. The summed E-state index contributed by atoms with van der Waals surface area (Å²) in [6, 6.07) is 12.4. The van der Waals surface area contributed by atoms with Crippen LogP contribution in [0.2, 0.25) is 0 Å². The van der Waals surface area contributed by atoms with Crippen molar-refractivity contribution in [3.8, 4) is 5.75 Å². The molecule has 0 spiro atoms. The van der Waals surface area contributed by atoms with Crippen LogP contribution in [-0.4, -0.2) is 18.0 Å². The molecule has 0 atom stereocenters. The fourth-order valence-corrected chi connectivity index (χ4v) is 3.22. The number of hydrogen-bond acceptors (Lipinski definition) is 4. The molecule has 0 saturated heterocycles. The van der Waals surface area contributed by atoms with Gasteiger partial charge in [0.2, 0.25) is 0 Å². The van der Waals surface area contributed by atoms with Crippen LogP contribution in [0, 0.1) is 13.8 Å². The van der Waals surface area contributed by atoms with E-state index in [2.05, 4.69) is 10.3 Å². The third-order valence-corrected chi connectivity index (χ3v) is 4.63. The van der Waals surface area contributed by atoms with E-state index in [1.54, 1.807) is 19.2 Å². The van der Waals surface area contributed by atoms with E-state index < -0.39 is 0 Å². The Morgan fingerprint density at radius 3 is 2.67 bits per heavy atom. The molecule has 2 aromatic carbocycles. The van der Waals surface area contributed by atoms with Crippen molar-refractivity contribution >= 4 is 33.5 Å². The molecule has 0 radical (unpaired) electrons. The van der Waals surface area contributed by atoms with Crippen molar-refractivity contribution in [3.63, 3.8) is 0 Å². The third-order valence-electron chi connectivity index (χ3n) is 4.63. The highest BCUT2D eigenvalue weighted by Crippen LogP contribution is 2.28. The maximum absolute atomic E-state index is 12.8. The number of nitrogens with one attached hydrogen (secondary N) is 2. The molecule has 4 rings (SSSR count). The Bertz CT molecular complexity index is 1250. The first kappa shape index (κ1) is 16.9. The van der Waals surface area contributed by atoms with Crippen LogP contribution in [-0.2, 0) is 0 Å².